The third kappa shape index (κ3) is 2.68. The monoisotopic (exact) mass is 329 g/mol. The van der Waals surface area contributed by atoms with Gasteiger partial charge < -0.3 is 9.64 Å². The first kappa shape index (κ1) is 15.5. The van der Waals surface area contributed by atoms with Gasteiger partial charge in [-0.05, 0) is 35.4 Å². The van der Waals surface area contributed by atoms with Crippen molar-refractivity contribution >= 4 is 11.6 Å². The van der Waals surface area contributed by atoms with E-state index in [1.807, 2.05) is 77.7 Å². The fraction of sp³-hybridized carbons (Fsp3) is 0.136. The number of methoxy groups -OCH3 is 1. The topological polar surface area (TPSA) is 29.5 Å². The molecule has 3 aromatic rings. The Labute approximate surface area is 147 Å². The van der Waals surface area contributed by atoms with Gasteiger partial charge in [0, 0.05) is 5.69 Å². The van der Waals surface area contributed by atoms with Crippen LogP contribution in [0.3, 0.4) is 0 Å². The molecular weight excluding hydrogens is 310 g/mol. The Bertz CT molecular complexity index is 860. The van der Waals surface area contributed by atoms with Gasteiger partial charge in [0.25, 0.3) is 0 Å². The van der Waals surface area contributed by atoms with E-state index in [-0.39, 0.29) is 17.9 Å². The standard InChI is InChI=1S/C22H19NO2/c1-25-19-14-12-18(13-15-19)23-21(17-10-6-3-7-11-17)20(22(23)24)16-8-4-2-5-9-16/h2-15,20-21H,1H3. The number of nitrogens with zero attached hydrogens (tertiary/aromatic N) is 1. The van der Waals surface area contributed by atoms with E-state index in [0.29, 0.717) is 0 Å². The largest absolute Gasteiger partial charge is 0.497 e. The lowest BCUT2D eigenvalue weighted by Gasteiger charge is -2.47. The lowest BCUT2D eigenvalue weighted by Crippen LogP contribution is -2.53. The summed E-state index contributed by atoms with van der Waals surface area (Å²) in [5.41, 5.74) is 3.10. The first-order chi connectivity index (χ1) is 12.3. The Morgan fingerprint density at radius 3 is 1.88 bits per heavy atom. The lowest BCUT2D eigenvalue weighted by molar-refractivity contribution is -0.126. The molecule has 3 nitrogen and oxygen atoms in total. The maximum Gasteiger partial charge on any atom is 0.237 e. The molecule has 1 amide bonds. The second-order valence-electron chi connectivity index (χ2n) is 6.15. The van der Waals surface area contributed by atoms with E-state index >= 15 is 0 Å². The molecule has 1 aliphatic rings. The van der Waals surface area contributed by atoms with Crippen LogP contribution in [0, 0.1) is 0 Å². The SMILES string of the molecule is COc1ccc(N2C(=O)C(c3ccccc3)C2c2ccccc2)cc1. The molecule has 4 rings (SSSR count). The van der Waals surface area contributed by atoms with E-state index < -0.39 is 0 Å². The van der Waals surface area contributed by atoms with Crippen LogP contribution in [-0.4, -0.2) is 13.0 Å². The molecule has 2 unspecified atom stereocenters. The van der Waals surface area contributed by atoms with Crippen LogP contribution in [0.15, 0.2) is 84.9 Å². The number of benzene rings is 3. The molecule has 3 aromatic carbocycles. The number of rotatable bonds is 4. The average Bonchev–Trinajstić information content (AvgIpc) is 2.68. The van der Waals surface area contributed by atoms with Crippen LogP contribution in [0.5, 0.6) is 5.75 Å². The van der Waals surface area contributed by atoms with Gasteiger partial charge in [-0.3, -0.25) is 4.79 Å². The van der Waals surface area contributed by atoms with Crippen LogP contribution in [0.25, 0.3) is 0 Å². The number of carbonyl (C=O) groups excluding carboxylic acids is 1. The summed E-state index contributed by atoms with van der Waals surface area (Å²) in [6, 6.07) is 27.9. The smallest absolute Gasteiger partial charge is 0.237 e. The summed E-state index contributed by atoms with van der Waals surface area (Å²) in [6.45, 7) is 0. The summed E-state index contributed by atoms with van der Waals surface area (Å²) in [5.74, 6) is 0.767. The zero-order valence-corrected chi connectivity index (χ0v) is 14.0. The van der Waals surface area contributed by atoms with Gasteiger partial charge in [0.2, 0.25) is 5.91 Å². The molecule has 25 heavy (non-hydrogen) atoms. The minimum absolute atomic E-state index is 0.00416. The number of anilines is 1. The van der Waals surface area contributed by atoms with Gasteiger partial charge in [-0.2, -0.15) is 0 Å². The number of β-lactam (4-membered cyclic amide) rings is 1. The minimum Gasteiger partial charge on any atom is -0.497 e. The fourth-order valence-electron chi connectivity index (χ4n) is 3.50. The third-order valence-electron chi connectivity index (χ3n) is 4.75. The molecule has 0 N–H and O–H groups in total. The Kier molecular flexibility index (Phi) is 3.98. The van der Waals surface area contributed by atoms with Crippen molar-refractivity contribution in [3.05, 3.63) is 96.1 Å². The summed E-state index contributed by atoms with van der Waals surface area (Å²) in [5, 5.41) is 0. The van der Waals surface area contributed by atoms with Gasteiger partial charge in [-0.1, -0.05) is 60.7 Å². The first-order valence-corrected chi connectivity index (χ1v) is 8.36. The van der Waals surface area contributed by atoms with Crippen LogP contribution in [-0.2, 0) is 4.79 Å². The van der Waals surface area contributed by atoms with Crippen molar-refractivity contribution in [2.75, 3.05) is 12.0 Å². The Morgan fingerprint density at radius 2 is 1.32 bits per heavy atom. The van der Waals surface area contributed by atoms with Crippen molar-refractivity contribution in [3.63, 3.8) is 0 Å². The highest BCUT2D eigenvalue weighted by molar-refractivity contribution is 6.06. The fourth-order valence-corrected chi connectivity index (χ4v) is 3.50. The minimum atomic E-state index is -0.147. The number of carbonyl (C=O) groups is 1. The molecule has 0 aliphatic carbocycles. The quantitative estimate of drug-likeness (QED) is 0.656. The van der Waals surface area contributed by atoms with E-state index in [2.05, 4.69) is 12.1 Å². The van der Waals surface area contributed by atoms with Crippen LogP contribution >= 0.6 is 0 Å². The van der Waals surface area contributed by atoms with E-state index in [4.69, 9.17) is 4.74 Å². The molecule has 1 fully saturated rings. The van der Waals surface area contributed by atoms with Gasteiger partial charge in [0.1, 0.15) is 5.75 Å². The van der Waals surface area contributed by atoms with Crippen molar-refractivity contribution in [2.45, 2.75) is 12.0 Å². The second-order valence-corrected chi connectivity index (χ2v) is 6.15. The number of ether oxygens (including phenoxy) is 1. The van der Waals surface area contributed by atoms with Crippen molar-refractivity contribution in [3.8, 4) is 5.75 Å². The Morgan fingerprint density at radius 1 is 0.760 bits per heavy atom. The Hall–Kier alpha value is -3.07. The van der Waals surface area contributed by atoms with E-state index in [0.717, 1.165) is 22.6 Å². The maximum absolute atomic E-state index is 13.0. The van der Waals surface area contributed by atoms with Crippen molar-refractivity contribution < 1.29 is 9.53 Å². The maximum atomic E-state index is 13.0. The van der Waals surface area contributed by atoms with Crippen LogP contribution < -0.4 is 9.64 Å². The van der Waals surface area contributed by atoms with E-state index in [1.54, 1.807) is 7.11 Å². The predicted molar refractivity (Wildman–Crippen MR) is 98.8 cm³/mol. The predicted octanol–water partition coefficient (Wildman–Crippen LogP) is 4.57. The van der Waals surface area contributed by atoms with Gasteiger partial charge >= 0.3 is 0 Å². The first-order valence-electron chi connectivity index (χ1n) is 8.36. The summed E-state index contributed by atoms with van der Waals surface area (Å²) >= 11 is 0. The van der Waals surface area contributed by atoms with Gasteiger partial charge in [0.15, 0.2) is 0 Å². The molecular formula is C22H19NO2. The summed E-state index contributed by atoms with van der Waals surface area (Å²) in [7, 11) is 1.64. The van der Waals surface area contributed by atoms with Gasteiger partial charge in [-0.15, -0.1) is 0 Å². The molecule has 1 heterocycles. The molecule has 1 saturated heterocycles. The number of hydrogen-bond acceptors (Lipinski definition) is 2. The summed E-state index contributed by atoms with van der Waals surface area (Å²) in [6.07, 6.45) is 0. The zero-order valence-electron chi connectivity index (χ0n) is 14.0. The molecule has 1 aliphatic heterocycles. The molecule has 0 saturated carbocycles. The molecule has 0 aromatic heterocycles. The molecule has 0 radical (unpaired) electrons. The highest BCUT2D eigenvalue weighted by Gasteiger charge is 2.49. The normalized spacial score (nSPS) is 19.4. The summed E-state index contributed by atoms with van der Waals surface area (Å²) in [4.78, 5) is 14.9. The Balaban J connectivity index is 1.74. The molecule has 2 atom stereocenters. The van der Waals surface area contributed by atoms with E-state index in [9.17, 15) is 4.79 Å². The van der Waals surface area contributed by atoms with Crippen LogP contribution in [0.4, 0.5) is 5.69 Å². The van der Waals surface area contributed by atoms with Crippen LogP contribution in [0.1, 0.15) is 23.1 Å². The summed E-state index contributed by atoms with van der Waals surface area (Å²) < 4.78 is 5.23. The van der Waals surface area contributed by atoms with Crippen molar-refractivity contribution in [1.29, 1.82) is 0 Å². The highest BCUT2D eigenvalue weighted by atomic mass is 16.5. The van der Waals surface area contributed by atoms with Crippen molar-refractivity contribution in [2.24, 2.45) is 0 Å². The van der Waals surface area contributed by atoms with Gasteiger partial charge in [-0.25, -0.2) is 0 Å². The van der Waals surface area contributed by atoms with E-state index in [1.165, 1.54) is 0 Å². The van der Waals surface area contributed by atoms with Gasteiger partial charge in [0.05, 0.1) is 19.1 Å². The average molecular weight is 329 g/mol. The zero-order chi connectivity index (χ0) is 17.2. The number of amides is 1. The molecule has 3 heteroatoms. The molecule has 0 spiro atoms. The molecule has 0 bridgehead atoms. The third-order valence-corrected chi connectivity index (χ3v) is 4.75. The highest BCUT2D eigenvalue weighted by Crippen LogP contribution is 2.48. The molecule has 124 valence electrons. The number of hydrogen-bond donors (Lipinski definition) is 0. The second kappa shape index (κ2) is 6.44. The van der Waals surface area contributed by atoms with Crippen LogP contribution in [0.2, 0.25) is 0 Å². The van der Waals surface area contributed by atoms with Crippen molar-refractivity contribution in [1.82, 2.24) is 0 Å². The lowest BCUT2D eigenvalue weighted by atomic mass is 9.77.